The van der Waals surface area contributed by atoms with Crippen LogP contribution in [-0.4, -0.2) is 9.13 Å². The standard InChI is InChI=1S/C44H24N4O/c1-46-28-21-23-39-35(25-28)30-13-3-7-18-37(30)47(39)36-17-6-2-12-29(36)32-16-10-11-27(26-45)43(32)48-38-19-8-4-15-34(38)42-40(48)24-22-33-31-14-5-9-20-41(31)49-44(33)42/h2-25H. The van der Waals surface area contributed by atoms with E-state index in [9.17, 15) is 5.26 Å². The predicted molar refractivity (Wildman–Crippen MR) is 199 cm³/mol. The fraction of sp³-hybridized carbons (Fsp3) is 0. The molecule has 0 atom stereocenters. The van der Waals surface area contributed by atoms with Gasteiger partial charge in [-0.1, -0.05) is 91.0 Å². The first-order chi connectivity index (χ1) is 24.2. The Morgan fingerprint density at radius 1 is 0.551 bits per heavy atom. The van der Waals surface area contributed by atoms with E-state index < -0.39 is 0 Å². The Hall–Kier alpha value is -7.08. The number of hydrogen-bond donors (Lipinski definition) is 0. The number of benzene rings is 7. The van der Waals surface area contributed by atoms with Crippen LogP contribution < -0.4 is 0 Å². The highest BCUT2D eigenvalue weighted by Crippen LogP contribution is 2.44. The first-order valence-electron chi connectivity index (χ1n) is 16.1. The van der Waals surface area contributed by atoms with E-state index in [1.807, 2.05) is 60.7 Å². The van der Waals surface area contributed by atoms with Crippen LogP contribution in [0, 0.1) is 17.9 Å². The summed E-state index contributed by atoms with van der Waals surface area (Å²) in [4.78, 5) is 3.72. The maximum Gasteiger partial charge on any atom is 0.188 e. The van der Waals surface area contributed by atoms with E-state index in [1.54, 1.807) is 0 Å². The third-order valence-electron chi connectivity index (χ3n) is 9.78. The number of nitrogens with zero attached hydrogens (tertiary/aromatic N) is 4. The minimum atomic E-state index is 0.573. The molecule has 5 nitrogen and oxygen atoms in total. The van der Waals surface area contributed by atoms with E-state index in [2.05, 4.69) is 105 Å². The molecular formula is C44H24N4O. The minimum absolute atomic E-state index is 0.573. The zero-order valence-electron chi connectivity index (χ0n) is 26.1. The molecule has 3 heterocycles. The van der Waals surface area contributed by atoms with Crippen molar-refractivity contribution in [1.29, 1.82) is 5.26 Å². The first-order valence-corrected chi connectivity index (χ1v) is 16.1. The van der Waals surface area contributed by atoms with Crippen molar-refractivity contribution in [3.63, 3.8) is 0 Å². The van der Waals surface area contributed by atoms with Crippen molar-refractivity contribution in [2.75, 3.05) is 0 Å². The molecule has 7 aromatic carbocycles. The molecule has 0 saturated carbocycles. The Labute approximate surface area is 280 Å². The quantitative estimate of drug-likeness (QED) is 0.184. The molecule has 0 bridgehead atoms. The van der Waals surface area contributed by atoms with Crippen LogP contribution in [0.25, 0.3) is 92.9 Å². The summed E-state index contributed by atoms with van der Waals surface area (Å²) >= 11 is 0. The Kier molecular flexibility index (Phi) is 5.64. The number of furan rings is 1. The summed E-state index contributed by atoms with van der Waals surface area (Å²) in [5, 5.41) is 17.0. The van der Waals surface area contributed by atoms with Gasteiger partial charge in [-0.05, 0) is 60.0 Å². The van der Waals surface area contributed by atoms with Crippen molar-refractivity contribution < 1.29 is 4.42 Å². The summed E-state index contributed by atoms with van der Waals surface area (Å²) in [5.74, 6) is 0. The van der Waals surface area contributed by atoms with Crippen LogP contribution in [0.5, 0.6) is 0 Å². The molecule has 0 aliphatic rings. The summed E-state index contributed by atoms with van der Waals surface area (Å²) < 4.78 is 11.1. The van der Waals surface area contributed by atoms with E-state index in [0.717, 1.165) is 88.1 Å². The molecule has 0 unspecified atom stereocenters. The normalized spacial score (nSPS) is 11.6. The molecule has 49 heavy (non-hydrogen) atoms. The van der Waals surface area contributed by atoms with Gasteiger partial charge in [-0.25, -0.2) is 4.85 Å². The summed E-state index contributed by atoms with van der Waals surface area (Å²) in [6.07, 6.45) is 0. The molecular weight excluding hydrogens is 601 g/mol. The second-order valence-corrected chi connectivity index (χ2v) is 12.3. The number of rotatable bonds is 3. The van der Waals surface area contributed by atoms with Gasteiger partial charge >= 0.3 is 0 Å². The van der Waals surface area contributed by atoms with Crippen LogP contribution in [0.3, 0.4) is 0 Å². The molecule has 10 aromatic rings. The highest BCUT2D eigenvalue weighted by molar-refractivity contribution is 6.24. The van der Waals surface area contributed by atoms with Crippen molar-refractivity contribution in [2.45, 2.75) is 0 Å². The molecule has 0 aliphatic heterocycles. The van der Waals surface area contributed by atoms with Crippen molar-refractivity contribution in [2.24, 2.45) is 0 Å². The summed E-state index contributed by atoms with van der Waals surface area (Å²) in [6, 6.07) is 51.9. The lowest BCUT2D eigenvalue weighted by Gasteiger charge is -2.19. The number of aromatic nitrogens is 2. The predicted octanol–water partition coefficient (Wildman–Crippen LogP) is 11.9. The number of hydrogen-bond acceptors (Lipinski definition) is 2. The molecule has 5 heteroatoms. The van der Waals surface area contributed by atoms with Gasteiger partial charge in [0.05, 0.1) is 51.0 Å². The average molecular weight is 625 g/mol. The topological polar surface area (TPSA) is 51.1 Å². The Balaban J connectivity index is 1.32. The maximum absolute atomic E-state index is 10.7. The highest BCUT2D eigenvalue weighted by atomic mass is 16.3. The highest BCUT2D eigenvalue weighted by Gasteiger charge is 2.24. The van der Waals surface area contributed by atoms with Gasteiger partial charge in [0.25, 0.3) is 0 Å². The van der Waals surface area contributed by atoms with Gasteiger partial charge in [0, 0.05) is 32.7 Å². The van der Waals surface area contributed by atoms with Gasteiger partial charge in [0.1, 0.15) is 17.2 Å². The molecule has 0 N–H and O–H groups in total. The molecule has 0 radical (unpaired) electrons. The largest absolute Gasteiger partial charge is 0.455 e. The molecule has 0 amide bonds. The van der Waals surface area contributed by atoms with Gasteiger partial charge in [0.15, 0.2) is 5.69 Å². The van der Waals surface area contributed by atoms with Crippen molar-refractivity contribution >= 4 is 71.2 Å². The maximum atomic E-state index is 10.7. The molecule has 0 saturated heterocycles. The van der Waals surface area contributed by atoms with Crippen LogP contribution in [-0.2, 0) is 0 Å². The van der Waals surface area contributed by atoms with Crippen molar-refractivity contribution in [3.05, 3.63) is 163 Å². The molecule has 10 rings (SSSR count). The number of para-hydroxylation sites is 5. The fourth-order valence-electron chi connectivity index (χ4n) is 7.75. The molecule has 0 aliphatic carbocycles. The lowest BCUT2D eigenvalue weighted by Crippen LogP contribution is -2.03. The average Bonchev–Trinajstić information content (AvgIpc) is 3.82. The Morgan fingerprint density at radius 3 is 2.06 bits per heavy atom. The van der Waals surface area contributed by atoms with Crippen LogP contribution in [0.1, 0.15) is 5.56 Å². The number of nitriles is 1. The van der Waals surface area contributed by atoms with Gasteiger partial charge in [0.2, 0.25) is 0 Å². The summed E-state index contributed by atoms with van der Waals surface area (Å²) in [7, 11) is 0. The van der Waals surface area contributed by atoms with Gasteiger partial charge in [-0.15, -0.1) is 0 Å². The van der Waals surface area contributed by atoms with Crippen LogP contribution in [0.4, 0.5) is 5.69 Å². The zero-order chi connectivity index (χ0) is 32.6. The van der Waals surface area contributed by atoms with Gasteiger partial charge in [-0.2, -0.15) is 5.26 Å². The minimum Gasteiger partial charge on any atom is -0.455 e. The lowest BCUT2D eigenvalue weighted by atomic mass is 9.98. The first kappa shape index (κ1) is 27.1. The van der Waals surface area contributed by atoms with E-state index in [4.69, 9.17) is 11.0 Å². The van der Waals surface area contributed by atoms with Crippen molar-refractivity contribution in [1.82, 2.24) is 9.13 Å². The zero-order valence-corrected chi connectivity index (χ0v) is 26.1. The Bertz CT molecular complexity index is 3090. The number of fused-ring (bicyclic) bond motifs is 10. The third-order valence-corrected chi connectivity index (χ3v) is 9.78. The van der Waals surface area contributed by atoms with E-state index in [0.29, 0.717) is 11.3 Å². The second-order valence-electron chi connectivity index (χ2n) is 12.3. The lowest BCUT2D eigenvalue weighted by molar-refractivity contribution is 0.673. The molecule has 226 valence electrons. The van der Waals surface area contributed by atoms with Crippen molar-refractivity contribution in [3.8, 4) is 28.6 Å². The smallest absolute Gasteiger partial charge is 0.188 e. The second kappa shape index (κ2) is 10.2. The van der Waals surface area contributed by atoms with Gasteiger partial charge < -0.3 is 13.6 Å². The Morgan fingerprint density at radius 2 is 1.22 bits per heavy atom. The van der Waals surface area contributed by atoms with Crippen LogP contribution in [0.15, 0.2) is 150 Å². The summed E-state index contributed by atoms with van der Waals surface area (Å²) in [6.45, 7) is 7.65. The molecule has 0 fully saturated rings. The van der Waals surface area contributed by atoms with E-state index in [1.165, 1.54) is 0 Å². The molecule has 3 aromatic heterocycles. The fourth-order valence-corrected chi connectivity index (χ4v) is 7.75. The monoisotopic (exact) mass is 624 g/mol. The van der Waals surface area contributed by atoms with E-state index >= 15 is 0 Å². The van der Waals surface area contributed by atoms with Crippen LogP contribution >= 0.6 is 0 Å². The third kappa shape index (κ3) is 3.73. The van der Waals surface area contributed by atoms with Crippen LogP contribution in [0.2, 0.25) is 0 Å². The van der Waals surface area contributed by atoms with Gasteiger partial charge in [-0.3, -0.25) is 0 Å². The molecule has 0 spiro atoms. The van der Waals surface area contributed by atoms with E-state index in [-0.39, 0.29) is 0 Å². The SMILES string of the molecule is [C-]#[N+]c1ccc2c(c1)c1ccccc1n2-c1ccccc1-c1cccc(C#N)c1-n1c2ccccc2c2c3oc4ccccc4c3ccc21. The summed E-state index contributed by atoms with van der Waals surface area (Å²) in [5.41, 5.74) is 10.6.